The number of H-pyrrole nitrogens is 1. The van der Waals surface area contributed by atoms with Crippen LogP contribution >= 0.6 is 11.8 Å². The molecule has 0 aliphatic heterocycles. The van der Waals surface area contributed by atoms with Crippen molar-refractivity contribution >= 4 is 23.5 Å². The van der Waals surface area contributed by atoms with E-state index in [1.54, 1.807) is 17.8 Å². The van der Waals surface area contributed by atoms with Gasteiger partial charge in [-0.05, 0) is 12.5 Å². The molecule has 0 radical (unpaired) electrons. The molecule has 0 saturated carbocycles. The molecule has 5 heteroatoms. The van der Waals surface area contributed by atoms with Gasteiger partial charge in [0.2, 0.25) is 5.91 Å². The lowest BCUT2D eigenvalue weighted by Gasteiger charge is -2.02. The summed E-state index contributed by atoms with van der Waals surface area (Å²) in [4.78, 5) is 11.6. The molecule has 2 N–H and O–H groups in total. The maximum absolute atomic E-state index is 11.6. The van der Waals surface area contributed by atoms with Gasteiger partial charge in [0, 0.05) is 17.5 Å². The number of benzene rings is 1. The van der Waals surface area contributed by atoms with Gasteiger partial charge in [-0.2, -0.15) is 5.10 Å². The topological polar surface area (TPSA) is 57.8 Å². The zero-order valence-electron chi connectivity index (χ0n) is 10.1. The third kappa shape index (κ3) is 3.92. The van der Waals surface area contributed by atoms with Crippen LogP contribution in [0.15, 0.2) is 36.4 Å². The molecule has 0 fully saturated rings. The van der Waals surface area contributed by atoms with Crippen molar-refractivity contribution in [3.8, 4) is 0 Å². The van der Waals surface area contributed by atoms with Crippen molar-refractivity contribution in [3.05, 3.63) is 47.7 Å². The van der Waals surface area contributed by atoms with Crippen LogP contribution in [0.3, 0.4) is 0 Å². The Morgan fingerprint density at radius 2 is 2.17 bits per heavy atom. The molecular weight excluding hydrogens is 246 g/mol. The summed E-state index contributed by atoms with van der Waals surface area (Å²) < 4.78 is 0. The van der Waals surface area contributed by atoms with Gasteiger partial charge in [0.05, 0.1) is 5.75 Å². The SMILES string of the molecule is Cc1cc(NC(=O)CSCc2ccccc2)n[nH]1. The Hall–Kier alpha value is -1.75. The molecule has 0 spiro atoms. The van der Waals surface area contributed by atoms with Gasteiger partial charge in [0.1, 0.15) is 0 Å². The third-order valence-corrected chi connectivity index (χ3v) is 3.32. The maximum atomic E-state index is 11.6. The number of carbonyl (C=O) groups is 1. The number of nitrogens with zero attached hydrogens (tertiary/aromatic N) is 1. The molecule has 1 amide bonds. The van der Waals surface area contributed by atoms with Gasteiger partial charge < -0.3 is 5.32 Å². The molecule has 0 atom stereocenters. The number of anilines is 1. The van der Waals surface area contributed by atoms with Crippen molar-refractivity contribution in [3.63, 3.8) is 0 Å². The summed E-state index contributed by atoms with van der Waals surface area (Å²) in [7, 11) is 0. The van der Waals surface area contributed by atoms with E-state index in [4.69, 9.17) is 0 Å². The fourth-order valence-corrected chi connectivity index (χ4v) is 2.28. The number of hydrogen-bond acceptors (Lipinski definition) is 3. The van der Waals surface area contributed by atoms with Crippen molar-refractivity contribution in [2.75, 3.05) is 11.1 Å². The first-order valence-corrected chi connectivity index (χ1v) is 6.83. The Kier molecular flexibility index (Phi) is 4.41. The van der Waals surface area contributed by atoms with E-state index in [9.17, 15) is 4.79 Å². The number of amides is 1. The van der Waals surface area contributed by atoms with Crippen molar-refractivity contribution in [1.29, 1.82) is 0 Å². The van der Waals surface area contributed by atoms with Crippen molar-refractivity contribution in [2.24, 2.45) is 0 Å². The summed E-state index contributed by atoms with van der Waals surface area (Å²) in [6, 6.07) is 11.9. The second kappa shape index (κ2) is 6.26. The number of aryl methyl sites for hydroxylation is 1. The molecule has 2 rings (SSSR count). The summed E-state index contributed by atoms with van der Waals surface area (Å²) in [5, 5.41) is 9.49. The second-order valence-corrected chi connectivity index (χ2v) is 4.95. The van der Waals surface area contributed by atoms with Crippen LogP contribution in [0.25, 0.3) is 0 Å². The molecule has 0 aliphatic carbocycles. The molecule has 1 aromatic heterocycles. The minimum absolute atomic E-state index is 0.0255. The molecule has 0 aliphatic rings. The van der Waals surface area contributed by atoms with Crippen molar-refractivity contribution < 1.29 is 4.79 Å². The zero-order valence-corrected chi connectivity index (χ0v) is 11.0. The largest absolute Gasteiger partial charge is 0.308 e. The van der Waals surface area contributed by atoms with Crippen molar-refractivity contribution in [2.45, 2.75) is 12.7 Å². The highest BCUT2D eigenvalue weighted by molar-refractivity contribution is 7.99. The van der Waals surface area contributed by atoms with Crippen LogP contribution in [0, 0.1) is 6.92 Å². The van der Waals surface area contributed by atoms with E-state index < -0.39 is 0 Å². The zero-order chi connectivity index (χ0) is 12.8. The number of thioether (sulfide) groups is 1. The Balaban J connectivity index is 1.72. The van der Waals surface area contributed by atoms with Gasteiger partial charge in [-0.25, -0.2) is 0 Å². The van der Waals surface area contributed by atoms with Gasteiger partial charge in [-0.3, -0.25) is 9.89 Å². The van der Waals surface area contributed by atoms with Crippen molar-refractivity contribution in [1.82, 2.24) is 10.2 Å². The first kappa shape index (κ1) is 12.7. The molecular formula is C13H15N3OS. The predicted octanol–water partition coefficient (Wildman–Crippen LogP) is 2.59. The van der Waals surface area contributed by atoms with Crippen LogP contribution in [0.1, 0.15) is 11.3 Å². The first-order chi connectivity index (χ1) is 8.74. The van der Waals surface area contributed by atoms with Gasteiger partial charge in [0.15, 0.2) is 5.82 Å². The van der Waals surface area contributed by atoms with Crippen LogP contribution in [0.2, 0.25) is 0 Å². The maximum Gasteiger partial charge on any atom is 0.235 e. The monoisotopic (exact) mass is 261 g/mol. The molecule has 94 valence electrons. The van der Waals surface area contributed by atoms with Gasteiger partial charge >= 0.3 is 0 Å². The molecule has 0 saturated heterocycles. The normalized spacial score (nSPS) is 10.3. The van der Waals surface area contributed by atoms with Gasteiger partial charge in [0.25, 0.3) is 0 Å². The summed E-state index contributed by atoms with van der Waals surface area (Å²) >= 11 is 1.59. The fourth-order valence-electron chi connectivity index (χ4n) is 1.50. The molecule has 1 aromatic carbocycles. The average molecular weight is 261 g/mol. The van der Waals surface area contributed by atoms with Crippen LogP contribution in [-0.2, 0) is 10.5 Å². The Morgan fingerprint density at radius 3 is 2.83 bits per heavy atom. The molecule has 0 bridgehead atoms. The summed E-state index contributed by atoms with van der Waals surface area (Å²) in [6.07, 6.45) is 0. The minimum Gasteiger partial charge on any atom is -0.308 e. The number of aromatic amines is 1. The Bertz CT molecular complexity index is 510. The Labute approximate surface area is 110 Å². The van der Waals surface area contributed by atoms with Crippen LogP contribution in [-0.4, -0.2) is 21.9 Å². The van der Waals surface area contributed by atoms with E-state index in [1.165, 1.54) is 5.56 Å². The molecule has 2 aromatic rings. The van der Waals surface area contributed by atoms with Gasteiger partial charge in [-0.1, -0.05) is 30.3 Å². The van der Waals surface area contributed by atoms with Crippen LogP contribution in [0.5, 0.6) is 0 Å². The van der Waals surface area contributed by atoms with Gasteiger partial charge in [-0.15, -0.1) is 11.8 Å². The highest BCUT2D eigenvalue weighted by Crippen LogP contribution is 2.12. The number of carbonyl (C=O) groups excluding carboxylic acids is 1. The van der Waals surface area contributed by atoms with E-state index in [-0.39, 0.29) is 5.91 Å². The standard InChI is InChI=1S/C13H15N3OS/c1-10-7-12(16-15-10)14-13(17)9-18-8-11-5-3-2-4-6-11/h2-7H,8-9H2,1H3,(H2,14,15,16,17). The lowest BCUT2D eigenvalue weighted by atomic mass is 10.2. The highest BCUT2D eigenvalue weighted by Gasteiger charge is 2.04. The lowest BCUT2D eigenvalue weighted by Crippen LogP contribution is -2.14. The van der Waals surface area contributed by atoms with Crippen LogP contribution < -0.4 is 5.32 Å². The first-order valence-electron chi connectivity index (χ1n) is 5.67. The summed E-state index contributed by atoms with van der Waals surface area (Å²) in [5.74, 6) is 1.83. The minimum atomic E-state index is -0.0255. The molecule has 1 heterocycles. The highest BCUT2D eigenvalue weighted by atomic mass is 32.2. The number of hydrogen-bond donors (Lipinski definition) is 2. The van der Waals surface area contributed by atoms with E-state index in [0.717, 1.165) is 11.4 Å². The van der Waals surface area contributed by atoms with E-state index in [0.29, 0.717) is 11.6 Å². The third-order valence-electron chi connectivity index (χ3n) is 2.32. The predicted molar refractivity (Wildman–Crippen MR) is 74.6 cm³/mol. The molecule has 18 heavy (non-hydrogen) atoms. The Morgan fingerprint density at radius 1 is 1.39 bits per heavy atom. The second-order valence-electron chi connectivity index (χ2n) is 3.96. The summed E-state index contributed by atoms with van der Waals surface area (Å²) in [6.45, 7) is 1.90. The van der Waals surface area contributed by atoms with E-state index in [2.05, 4.69) is 27.6 Å². The smallest absolute Gasteiger partial charge is 0.235 e. The quantitative estimate of drug-likeness (QED) is 0.869. The number of aromatic nitrogens is 2. The lowest BCUT2D eigenvalue weighted by molar-refractivity contribution is -0.113. The summed E-state index contributed by atoms with van der Waals surface area (Å²) in [5.41, 5.74) is 2.16. The van der Waals surface area contributed by atoms with Crippen LogP contribution in [0.4, 0.5) is 5.82 Å². The molecule has 4 nitrogen and oxygen atoms in total. The molecule has 0 unspecified atom stereocenters. The average Bonchev–Trinajstić information content (AvgIpc) is 2.76. The fraction of sp³-hybridized carbons (Fsp3) is 0.231. The van der Waals surface area contributed by atoms with E-state index >= 15 is 0 Å². The number of rotatable bonds is 5. The number of nitrogens with one attached hydrogen (secondary N) is 2. The van der Waals surface area contributed by atoms with E-state index in [1.807, 2.05) is 25.1 Å².